The minimum absolute atomic E-state index is 0.0125. The van der Waals surface area contributed by atoms with E-state index in [0.717, 1.165) is 10.6 Å². The Bertz CT molecular complexity index is 1110. The first-order chi connectivity index (χ1) is 14.4. The van der Waals surface area contributed by atoms with E-state index in [2.05, 4.69) is 10.1 Å². The summed E-state index contributed by atoms with van der Waals surface area (Å²) in [6.07, 6.45) is 1.60. The molecule has 0 radical (unpaired) electrons. The van der Waals surface area contributed by atoms with Crippen LogP contribution in [0.1, 0.15) is 25.0 Å². The zero-order valence-corrected chi connectivity index (χ0v) is 17.2. The molecule has 2 aliphatic rings. The third-order valence-corrected chi connectivity index (χ3v) is 5.70. The molecule has 1 amide bonds. The van der Waals surface area contributed by atoms with E-state index < -0.39 is 5.91 Å². The molecule has 0 bridgehead atoms. The normalized spacial score (nSPS) is 17.3. The summed E-state index contributed by atoms with van der Waals surface area (Å²) in [5, 5.41) is 15.5. The number of nitrogens with zero attached hydrogens (tertiary/aromatic N) is 3. The van der Waals surface area contributed by atoms with Gasteiger partial charge in [-0.2, -0.15) is 15.1 Å². The van der Waals surface area contributed by atoms with Gasteiger partial charge in [-0.25, -0.2) is 4.39 Å². The first-order valence-electron chi connectivity index (χ1n) is 9.39. The van der Waals surface area contributed by atoms with Gasteiger partial charge >= 0.3 is 0 Å². The number of para-hydroxylation sites is 1. The molecule has 0 saturated carbocycles. The van der Waals surface area contributed by atoms with E-state index in [4.69, 9.17) is 10.1 Å². The van der Waals surface area contributed by atoms with Gasteiger partial charge in [0, 0.05) is 11.5 Å². The van der Waals surface area contributed by atoms with Crippen LogP contribution in [0.4, 0.5) is 4.39 Å². The highest BCUT2D eigenvalue weighted by Crippen LogP contribution is 2.31. The quantitative estimate of drug-likeness (QED) is 0.710. The van der Waals surface area contributed by atoms with Gasteiger partial charge in [0.25, 0.3) is 5.91 Å². The maximum Gasteiger partial charge on any atom is 0.283 e. The van der Waals surface area contributed by atoms with Crippen molar-refractivity contribution in [2.75, 3.05) is 0 Å². The Morgan fingerprint density at radius 2 is 1.93 bits per heavy atom. The van der Waals surface area contributed by atoms with E-state index in [0.29, 0.717) is 16.5 Å². The number of thioether (sulfide) groups is 1. The van der Waals surface area contributed by atoms with Crippen LogP contribution in [-0.4, -0.2) is 27.0 Å². The first-order valence-corrected chi connectivity index (χ1v) is 10.2. The summed E-state index contributed by atoms with van der Waals surface area (Å²) in [5.74, 6) is -0.0682. The average molecular weight is 422 g/mol. The molecule has 4 rings (SSSR count). The Balaban J connectivity index is 1.60. The average Bonchev–Trinajstić information content (AvgIpc) is 3.16. The number of ether oxygens (including phenoxy) is 1. The zero-order valence-electron chi connectivity index (χ0n) is 16.4. The number of fused-ring (bicyclic) bond motifs is 1. The van der Waals surface area contributed by atoms with Crippen LogP contribution in [-0.2, 0) is 11.4 Å². The summed E-state index contributed by atoms with van der Waals surface area (Å²) in [7, 11) is 0. The number of hydrazone groups is 1. The molecule has 1 N–H and O–H groups in total. The molecular formula is C22H19FN4O2S. The molecule has 6 nitrogen and oxygen atoms in total. The fourth-order valence-electron chi connectivity index (χ4n) is 2.87. The van der Waals surface area contributed by atoms with Crippen LogP contribution in [0.5, 0.6) is 5.75 Å². The van der Waals surface area contributed by atoms with Crippen molar-refractivity contribution in [3.63, 3.8) is 0 Å². The number of rotatable bonds is 5. The van der Waals surface area contributed by atoms with Crippen molar-refractivity contribution in [3.8, 4) is 5.75 Å². The molecule has 0 unspecified atom stereocenters. The van der Waals surface area contributed by atoms with Gasteiger partial charge < -0.3 is 4.74 Å². The van der Waals surface area contributed by atoms with Gasteiger partial charge in [-0.05, 0) is 41.6 Å². The summed E-state index contributed by atoms with van der Waals surface area (Å²) in [6, 6.07) is 13.3. The number of amidine groups is 2. The molecule has 2 aromatic carbocycles. The van der Waals surface area contributed by atoms with E-state index in [9.17, 15) is 9.18 Å². The Hall–Kier alpha value is -3.26. The smallest absolute Gasteiger partial charge is 0.283 e. The van der Waals surface area contributed by atoms with Crippen LogP contribution in [0.3, 0.4) is 0 Å². The fraction of sp³-hybridized carbons (Fsp3) is 0.182. The molecule has 2 heterocycles. The van der Waals surface area contributed by atoms with Crippen molar-refractivity contribution in [2.45, 2.75) is 20.5 Å². The summed E-state index contributed by atoms with van der Waals surface area (Å²) in [4.78, 5) is 16.7. The number of benzene rings is 2. The summed E-state index contributed by atoms with van der Waals surface area (Å²) in [5.41, 5.74) is 1.61. The number of amides is 1. The van der Waals surface area contributed by atoms with E-state index in [1.165, 1.54) is 28.9 Å². The molecule has 0 saturated heterocycles. The van der Waals surface area contributed by atoms with Crippen molar-refractivity contribution in [1.29, 1.82) is 5.41 Å². The molecule has 152 valence electrons. The van der Waals surface area contributed by atoms with Gasteiger partial charge in [-0.1, -0.05) is 44.2 Å². The standard InChI is InChI=1S/C22H19FN4O2S/c1-13(2)21-26-27-19(24)17(20(28)25-22(27)30-21)11-15-5-3-4-6-18(15)29-12-14-7-9-16(23)10-8-14/h3-11,13,24H,12H2,1-2H3/b17-11+,24-19?. The van der Waals surface area contributed by atoms with Gasteiger partial charge in [0.15, 0.2) is 5.84 Å². The lowest BCUT2D eigenvalue weighted by molar-refractivity contribution is -0.114. The Labute approximate surface area is 177 Å². The molecule has 0 atom stereocenters. The lowest BCUT2D eigenvalue weighted by Gasteiger charge is -2.20. The maximum atomic E-state index is 13.1. The topological polar surface area (TPSA) is 78.1 Å². The van der Waals surface area contributed by atoms with Crippen molar-refractivity contribution in [2.24, 2.45) is 16.0 Å². The first kappa shape index (κ1) is 20.0. The second kappa shape index (κ2) is 8.23. The predicted molar refractivity (Wildman–Crippen MR) is 117 cm³/mol. The van der Waals surface area contributed by atoms with E-state index in [1.807, 2.05) is 26.0 Å². The van der Waals surface area contributed by atoms with Gasteiger partial charge in [-0.15, -0.1) is 0 Å². The van der Waals surface area contributed by atoms with Crippen molar-refractivity contribution in [3.05, 3.63) is 71.0 Å². The van der Waals surface area contributed by atoms with Crippen LogP contribution >= 0.6 is 11.8 Å². The number of halogens is 1. The monoisotopic (exact) mass is 422 g/mol. The third-order valence-electron chi connectivity index (χ3n) is 4.49. The zero-order chi connectivity index (χ0) is 21.3. The van der Waals surface area contributed by atoms with Gasteiger partial charge in [0.1, 0.15) is 23.2 Å². The molecule has 2 aromatic rings. The van der Waals surface area contributed by atoms with Crippen LogP contribution in [0.25, 0.3) is 6.08 Å². The lowest BCUT2D eigenvalue weighted by Crippen LogP contribution is -2.35. The Morgan fingerprint density at radius 1 is 1.20 bits per heavy atom. The highest BCUT2D eigenvalue weighted by Gasteiger charge is 2.36. The Kier molecular flexibility index (Phi) is 5.50. The number of hydrogen-bond acceptors (Lipinski definition) is 5. The van der Waals surface area contributed by atoms with Crippen molar-refractivity contribution in [1.82, 2.24) is 5.01 Å². The molecule has 8 heteroatoms. The van der Waals surface area contributed by atoms with Crippen LogP contribution in [0.15, 0.2) is 64.2 Å². The minimum atomic E-state index is -0.479. The second-order valence-corrected chi connectivity index (χ2v) is 8.05. The number of hydrogen-bond donors (Lipinski definition) is 1. The van der Waals surface area contributed by atoms with Gasteiger partial charge in [-0.3, -0.25) is 10.2 Å². The third kappa shape index (κ3) is 4.04. The van der Waals surface area contributed by atoms with Crippen molar-refractivity contribution >= 4 is 39.8 Å². The van der Waals surface area contributed by atoms with E-state index in [-0.39, 0.29) is 29.8 Å². The van der Waals surface area contributed by atoms with Crippen molar-refractivity contribution < 1.29 is 13.9 Å². The number of carbonyl (C=O) groups excluding carboxylic acids is 1. The number of carbonyl (C=O) groups is 1. The van der Waals surface area contributed by atoms with Crippen LogP contribution in [0, 0.1) is 17.1 Å². The van der Waals surface area contributed by atoms with Gasteiger partial charge in [0.2, 0.25) is 5.17 Å². The molecular weight excluding hydrogens is 403 g/mol. The molecule has 30 heavy (non-hydrogen) atoms. The number of nitrogens with one attached hydrogen (secondary N) is 1. The largest absolute Gasteiger partial charge is 0.488 e. The summed E-state index contributed by atoms with van der Waals surface area (Å²) >= 11 is 1.31. The fourth-order valence-corrected chi connectivity index (χ4v) is 3.76. The molecule has 0 aromatic heterocycles. The van der Waals surface area contributed by atoms with Gasteiger partial charge in [0.05, 0.1) is 5.57 Å². The lowest BCUT2D eigenvalue weighted by atomic mass is 10.1. The summed E-state index contributed by atoms with van der Waals surface area (Å²) in [6.45, 7) is 4.25. The molecule has 0 aliphatic carbocycles. The van der Waals surface area contributed by atoms with Crippen LogP contribution < -0.4 is 4.74 Å². The molecule has 0 spiro atoms. The van der Waals surface area contributed by atoms with E-state index >= 15 is 0 Å². The minimum Gasteiger partial charge on any atom is -0.488 e. The van der Waals surface area contributed by atoms with E-state index in [1.54, 1.807) is 30.3 Å². The second-order valence-electron chi connectivity index (χ2n) is 7.07. The summed E-state index contributed by atoms with van der Waals surface area (Å²) < 4.78 is 19.0. The maximum absolute atomic E-state index is 13.1. The SMILES string of the molecule is CC(C)C1=NN2C(=N)/C(=C\c3ccccc3OCc3ccc(F)cc3)C(=O)N=C2S1. The number of aliphatic imine (C=N–C) groups is 1. The highest BCUT2D eigenvalue weighted by molar-refractivity contribution is 8.27. The van der Waals surface area contributed by atoms with Crippen LogP contribution in [0.2, 0.25) is 0 Å². The predicted octanol–water partition coefficient (Wildman–Crippen LogP) is 4.68. The molecule has 2 aliphatic heterocycles. The molecule has 0 fully saturated rings. The Morgan fingerprint density at radius 3 is 2.67 bits per heavy atom. The highest BCUT2D eigenvalue weighted by atomic mass is 32.2.